The average molecular weight is 354 g/mol. The van der Waals surface area contributed by atoms with E-state index < -0.39 is 11.2 Å². The van der Waals surface area contributed by atoms with Crippen LogP contribution in [0.15, 0.2) is 15.0 Å². The Morgan fingerprint density at radius 3 is 2.65 bits per heavy atom. The molecule has 7 nitrogen and oxygen atoms in total. The molecule has 3 heterocycles. The van der Waals surface area contributed by atoms with E-state index in [1.54, 1.807) is 23.0 Å². The Balaban J connectivity index is 2.15. The van der Waals surface area contributed by atoms with Crippen LogP contribution in [-0.4, -0.2) is 23.7 Å². The van der Waals surface area contributed by atoms with Crippen LogP contribution in [0, 0.1) is 0 Å². The van der Waals surface area contributed by atoms with E-state index in [0.29, 0.717) is 12.1 Å². The monoisotopic (exact) mass is 353 g/mol. The third-order valence-electron chi connectivity index (χ3n) is 3.68. The summed E-state index contributed by atoms with van der Waals surface area (Å²) in [7, 11) is 3.01. The molecule has 0 aliphatic rings. The largest absolute Gasteiger partial charge is 0.332 e. The van der Waals surface area contributed by atoms with Gasteiger partial charge in [0, 0.05) is 19.5 Å². The lowest BCUT2D eigenvalue weighted by Gasteiger charge is -2.05. The maximum atomic E-state index is 12.4. The van der Waals surface area contributed by atoms with Crippen molar-refractivity contribution in [1.82, 2.24) is 23.7 Å². The Morgan fingerprint density at radius 2 is 1.96 bits per heavy atom. The molecule has 0 saturated carbocycles. The molecule has 0 atom stereocenters. The maximum absolute atomic E-state index is 12.4. The zero-order valence-electron chi connectivity index (χ0n) is 13.0. The molecule has 0 aliphatic carbocycles. The van der Waals surface area contributed by atoms with Gasteiger partial charge in [-0.3, -0.25) is 13.9 Å². The van der Waals surface area contributed by atoms with E-state index in [1.807, 2.05) is 5.38 Å². The molecular weight excluding hydrogens is 338 g/mol. The molecule has 0 bridgehead atoms. The molecule has 23 heavy (non-hydrogen) atoms. The van der Waals surface area contributed by atoms with Crippen LogP contribution in [0.5, 0.6) is 0 Å². The first-order chi connectivity index (χ1) is 10.9. The van der Waals surface area contributed by atoms with Crippen LogP contribution in [-0.2, 0) is 27.1 Å². The zero-order valence-corrected chi connectivity index (χ0v) is 14.6. The van der Waals surface area contributed by atoms with Crippen LogP contribution in [0.2, 0.25) is 5.28 Å². The fraction of sp³-hybridized carbons (Fsp3) is 0.429. The molecule has 9 heteroatoms. The van der Waals surface area contributed by atoms with Crippen molar-refractivity contribution in [2.45, 2.75) is 26.3 Å². The zero-order chi connectivity index (χ0) is 16.7. The molecule has 0 unspecified atom stereocenters. The van der Waals surface area contributed by atoms with Crippen LogP contribution >= 0.6 is 22.9 Å². The van der Waals surface area contributed by atoms with E-state index in [0.717, 1.165) is 28.1 Å². The Labute approximate surface area is 140 Å². The average Bonchev–Trinajstić information content (AvgIpc) is 3.09. The lowest BCUT2D eigenvalue weighted by atomic mass is 10.3. The van der Waals surface area contributed by atoms with Gasteiger partial charge < -0.3 is 4.57 Å². The fourth-order valence-electron chi connectivity index (χ4n) is 2.48. The smallest absolute Gasteiger partial charge is 0.303 e. The molecule has 0 spiro atoms. The number of thiazole rings is 1. The van der Waals surface area contributed by atoms with Gasteiger partial charge in [0.25, 0.3) is 5.56 Å². The molecule has 3 aromatic heterocycles. The summed E-state index contributed by atoms with van der Waals surface area (Å²) >= 11 is 7.79. The number of rotatable bonds is 4. The third kappa shape index (κ3) is 2.61. The van der Waals surface area contributed by atoms with E-state index in [-0.39, 0.29) is 10.9 Å². The number of hydrogen-bond donors (Lipinski definition) is 0. The predicted molar refractivity (Wildman–Crippen MR) is 90.4 cm³/mol. The van der Waals surface area contributed by atoms with E-state index >= 15 is 0 Å². The van der Waals surface area contributed by atoms with Crippen molar-refractivity contribution in [3.8, 4) is 0 Å². The summed E-state index contributed by atoms with van der Waals surface area (Å²) < 4.78 is 3.98. The van der Waals surface area contributed by atoms with Crippen molar-refractivity contribution in [2.24, 2.45) is 14.1 Å². The molecule has 3 aromatic rings. The molecule has 3 rings (SSSR count). The van der Waals surface area contributed by atoms with Crippen molar-refractivity contribution in [2.75, 3.05) is 0 Å². The number of hydrogen-bond acceptors (Lipinski definition) is 5. The fourth-order valence-corrected chi connectivity index (χ4v) is 3.59. The van der Waals surface area contributed by atoms with Crippen molar-refractivity contribution < 1.29 is 0 Å². The van der Waals surface area contributed by atoms with E-state index in [2.05, 4.69) is 16.9 Å². The minimum absolute atomic E-state index is 0.170. The van der Waals surface area contributed by atoms with Gasteiger partial charge in [-0.2, -0.15) is 4.98 Å². The first kappa shape index (κ1) is 15.9. The molecule has 0 fully saturated rings. The summed E-state index contributed by atoms with van der Waals surface area (Å²) in [6.45, 7) is 2.45. The molecule has 0 N–H and O–H groups in total. The van der Waals surface area contributed by atoms with Crippen LogP contribution in [0.25, 0.3) is 11.2 Å². The maximum Gasteiger partial charge on any atom is 0.332 e. The summed E-state index contributed by atoms with van der Waals surface area (Å²) in [6, 6.07) is 0. The normalized spacial score (nSPS) is 11.5. The van der Waals surface area contributed by atoms with Crippen molar-refractivity contribution >= 4 is 34.1 Å². The molecule has 0 aromatic carbocycles. The van der Waals surface area contributed by atoms with Crippen molar-refractivity contribution in [3.05, 3.63) is 42.2 Å². The number of aryl methyl sites for hydroxylation is 2. The van der Waals surface area contributed by atoms with Crippen LogP contribution in [0.4, 0.5) is 0 Å². The predicted octanol–water partition coefficient (Wildman–Crippen LogP) is 1.54. The minimum atomic E-state index is -0.428. The third-order valence-corrected chi connectivity index (χ3v) is 4.93. The number of imidazole rings is 1. The van der Waals surface area contributed by atoms with Gasteiger partial charge in [-0.15, -0.1) is 11.3 Å². The second kappa shape index (κ2) is 5.93. The van der Waals surface area contributed by atoms with Crippen LogP contribution in [0.1, 0.15) is 24.0 Å². The quantitative estimate of drug-likeness (QED) is 0.667. The number of fused-ring (bicyclic) bond motifs is 1. The van der Waals surface area contributed by atoms with Gasteiger partial charge in [0.15, 0.2) is 11.2 Å². The summed E-state index contributed by atoms with van der Waals surface area (Å²) in [5, 5.41) is 3.19. The molecule has 0 radical (unpaired) electrons. The van der Waals surface area contributed by atoms with Gasteiger partial charge in [-0.05, 0) is 24.4 Å². The van der Waals surface area contributed by atoms with Gasteiger partial charge in [-0.1, -0.05) is 6.92 Å². The van der Waals surface area contributed by atoms with Gasteiger partial charge in [0.05, 0.1) is 17.2 Å². The second-order valence-corrected chi connectivity index (χ2v) is 6.61. The van der Waals surface area contributed by atoms with Crippen molar-refractivity contribution in [1.29, 1.82) is 0 Å². The van der Waals surface area contributed by atoms with Gasteiger partial charge in [-0.25, -0.2) is 9.78 Å². The molecular formula is C14H16ClN5O2S. The highest BCUT2D eigenvalue weighted by atomic mass is 35.5. The standard InChI is InChI=1S/C14H16ClN5O2S/c1-4-5-9-16-8(7-23-9)6-20-10-11(17-13(20)15)18(2)14(22)19(3)12(10)21/h7H,4-6H2,1-3H3. The second-order valence-electron chi connectivity index (χ2n) is 5.33. The Hall–Kier alpha value is -1.93. The minimum Gasteiger partial charge on any atom is -0.303 e. The lowest BCUT2D eigenvalue weighted by molar-refractivity contribution is 0.701. The summed E-state index contributed by atoms with van der Waals surface area (Å²) in [4.78, 5) is 33.1. The number of nitrogens with zero attached hydrogens (tertiary/aromatic N) is 5. The first-order valence-electron chi connectivity index (χ1n) is 7.19. The molecule has 122 valence electrons. The summed E-state index contributed by atoms with van der Waals surface area (Å²) in [5.74, 6) is 0. The number of halogens is 1. The van der Waals surface area contributed by atoms with E-state index in [1.165, 1.54) is 11.6 Å². The van der Waals surface area contributed by atoms with E-state index in [9.17, 15) is 9.59 Å². The Bertz CT molecular complexity index is 997. The first-order valence-corrected chi connectivity index (χ1v) is 8.44. The number of aromatic nitrogens is 5. The highest BCUT2D eigenvalue weighted by molar-refractivity contribution is 7.09. The van der Waals surface area contributed by atoms with Gasteiger partial charge >= 0.3 is 5.69 Å². The molecule has 0 amide bonds. The summed E-state index contributed by atoms with van der Waals surface area (Å²) in [6.07, 6.45) is 1.96. The Morgan fingerprint density at radius 1 is 1.22 bits per heavy atom. The molecule has 0 saturated heterocycles. The van der Waals surface area contributed by atoms with Gasteiger partial charge in [0.1, 0.15) is 0 Å². The van der Waals surface area contributed by atoms with Crippen molar-refractivity contribution in [3.63, 3.8) is 0 Å². The van der Waals surface area contributed by atoms with Gasteiger partial charge in [0.2, 0.25) is 5.28 Å². The SMILES string of the molecule is CCCc1nc(Cn2c(Cl)nc3c2c(=O)n(C)c(=O)n3C)cs1. The van der Waals surface area contributed by atoms with Crippen LogP contribution in [0.3, 0.4) is 0 Å². The molecule has 0 aliphatic heterocycles. The summed E-state index contributed by atoms with van der Waals surface area (Å²) in [5.41, 5.74) is 0.585. The highest BCUT2D eigenvalue weighted by Crippen LogP contribution is 2.19. The van der Waals surface area contributed by atoms with E-state index in [4.69, 9.17) is 11.6 Å². The topological polar surface area (TPSA) is 74.7 Å². The lowest BCUT2D eigenvalue weighted by Crippen LogP contribution is -2.37. The Kier molecular flexibility index (Phi) is 4.11. The highest BCUT2D eigenvalue weighted by Gasteiger charge is 2.18. The van der Waals surface area contributed by atoms with Crippen LogP contribution < -0.4 is 11.2 Å².